The number of halogens is 1. The van der Waals surface area contributed by atoms with E-state index in [4.69, 9.17) is 11.6 Å². The third kappa shape index (κ3) is 4.30. The highest BCUT2D eigenvalue weighted by atomic mass is 35.5. The minimum atomic E-state index is -0.0945. The Labute approximate surface area is 171 Å². The zero-order chi connectivity index (χ0) is 20.3. The molecule has 2 N–H and O–H groups in total. The molecule has 2 aromatic rings. The van der Waals surface area contributed by atoms with E-state index < -0.39 is 0 Å². The predicted octanol–water partition coefficient (Wildman–Crippen LogP) is 4.78. The summed E-state index contributed by atoms with van der Waals surface area (Å²) in [6, 6.07) is 13.1. The minimum absolute atomic E-state index is 0.00174. The summed E-state index contributed by atoms with van der Waals surface area (Å²) in [7, 11) is 0. The molecule has 0 aliphatic carbocycles. The van der Waals surface area contributed by atoms with Crippen LogP contribution in [0.3, 0.4) is 0 Å². The van der Waals surface area contributed by atoms with Crippen molar-refractivity contribution in [3.63, 3.8) is 0 Å². The number of fused-ring (bicyclic) bond motifs is 1. The molecule has 28 heavy (non-hydrogen) atoms. The summed E-state index contributed by atoms with van der Waals surface area (Å²) in [5.74, 6) is -0.0928. The number of carbonyl (C=O) groups is 2. The van der Waals surface area contributed by atoms with Crippen molar-refractivity contribution in [1.82, 2.24) is 5.32 Å². The zero-order valence-corrected chi connectivity index (χ0v) is 17.2. The fourth-order valence-electron chi connectivity index (χ4n) is 3.71. The molecule has 0 spiro atoms. The molecule has 0 saturated carbocycles. The Morgan fingerprint density at radius 3 is 2.54 bits per heavy atom. The van der Waals surface area contributed by atoms with Crippen LogP contribution in [0.4, 0.5) is 11.4 Å². The number of hydrogen-bond acceptors (Lipinski definition) is 3. The van der Waals surface area contributed by atoms with Gasteiger partial charge in [0.2, 0.25) is 5.91 Å². The second-order valence-corrected chi connectivity index (χ2v) is 7.64. The number of carbonyl (C=O) groups excluding carboxylic acids is 2. The van der Waals surface area contributed by atoms with Crippen LogP contribution in [0.5, 0.6) is 0 Å². The molecule has 0 bridgehead atoms. The van der Waals surface area contributed by atoms with E-state index in [0.717, 1.165) is 29.8 Å². The van der Waals surface area contributed by atoms with Crippen molar-refractivity contribution in [3.8, 4) is 0 Å². The molecule has 0 fully saturated rings. The Bertz CT molecular complexity index is 867. The maximum atomic E-state index is 12.4. The van der Waals surface area contributed by atoms with Crippen LogP contribution in [0.15, 0.2) is 42.5 Å². The van der Waals surface area contributed by atoms with E-state index in [1.54, 1.807) is 13.0 Å². The van der Waals surface area contributed by atoms with E-state index in [1.807, 2.05) is 55.1 Å². The standard InChI is InChI=1S/C22H26ClN3O2/c1-4-11-24-22(28)16-5-10-21-19(13-16)20(12-14(2)26(21)15(3)27)25-18-8-6-17(23)7-9-18/h5-10,13-14,20,25H,4,11-12H2,1-3H3,(H,24,28)/t14-,20+/m0/s1. The van der Waals surface area contributed by atoms with Crippen molar-refractivity contribution < 1.29 is 9.59 Å². The Hall–Kier alpha value is -2.53. The first-order valence-electron chi connectivity index (χ1n) is 9.64. The van der Waals surface area contributed by atoms with Gasteiger partial charge in [-0.2, -0.15) is 0 Å². The van der Waals surface area contributed by atoms with Gasteiger partial charge in [0.1, 0.15) is 0 Å². The lowest BCUT2D eigenvalue weighted by molar-refractivity contribution is -0.117. The van der Waals surface area contributed by atoms with E-state index in [-0.39, 0.29) is 23.9 Å². The molecule has 0 saturated heterocycles. The molecular formula is C22H26ClN3O2. The summed E-state index contributed by atoms with van der Waals surface area (Å²) in [5, 5.41) is 7.13. The second-order valence-electron chi connectivity index (χ2n) is 7.21. The zero-order valence-electron chi connectivity index (χ0n) is 16.5. The second kappa shape index (κ2) is 8.65. The van der Waals surface area contributed by atoms with Crippen LogP contribution >= 0.6 is 11.6 Å². The number of amides is 2. The highest BCUT2D eigenvalue weighted by molar-refractivity contribution is 6.30. The van der Waals surface area contributed by atoms with Gasteiger partial charge in [0, 0.05) is 41.5 Å². The summed E-state index contributed by atoms with van der Waals surface area (Å²) in [6.07, 6.45) is 1.63. The molecule has 5 nitrogen and oxygen atoms in total. The van der Waals surface area contributed by atoms with Crippen LogP contribution in [0.1, 0.15) is 55.6 Å². The summed E-state index contributed by atoms with van der Waals surface area (Å²) in [4.78, 5) is 26.5. The first-order chi connectivity index (χ1) is 13.4. The average molecular weight is 400 g/mol. The van der Waals surface area contributed by atoms with Crippen molar-refractivity contribution in [3.05, 3.63) is 58.6 Å². The van der Waals surface area contributed by atoms with Gasteiger partial charge in [0.05, 0.1) is 6.04 Å². The Morgan fingerprint density at radius 2 is 1.89 bits per heavy atom. The molecule has 6 heteroatoms. The van der Waals surface area contributed by atoms with Gasteiger partial charge in [0.25, 0.3) is 5.91 Å². The largest absolute Gasteiger partial charge is 0.378 e. The van der Waals surface area contributed by atoms with Gasteiger partial charge in [-0.15, -0.1) is 0 Å². The van der Waals surface area contributed by atoms with E-state index in [1.165, 1.54) is 0 Å². The van der Waals surface area contributed by atoms with E-state index >= 15 is 0 Å². The quantitative estimate of drug-likeness (QED) is 0.760. The minimum Gasteiger partial charge on any atom is -0.378 e. The maximum absolute atomic E-state index is 12.4. The van der Waals surface area contributed by atoms with Crippen LogP contribution < -0.4 is 15.5 Å². The lowest BCUT2D eigenvalue weighted by atomic mass is 9.90. The molecule has 1 heterocycles. The molecule has 1 aliphatic heterocycles. The molecule has 2 atom stereocenters. The molecular weight excluding hydrogens is 374 g/mol. The van der Waals surface area contributed by atoms with Crippen LogP contribution in [0, 0.1) is 0 Å². The molecule has 0 radical (unpaired) electrons. The van der Waals surface area contributed by atoms with Gasteiger partial charge in [0.15, 0.2) is 0 Å². The average Bonchev–Trinajstić information content (AvgIpc) is 2.67. The van der Waals surface area contributed by atoms with Gasteiger partial charge in [-0.3, -0.25) is 9.59 Å². The van der Waals surface area contributed by atoms with Crippen LogP contribution in [0.2, 0.25) is 5.02 Å². The van der Waals surface area contributed by atoms with E-state index in [9.17, 15) is 9.59 Å². The molecule has 0 unspecified atom stereocenters. The Morgan fingerprint density at radius 1 is 1.18 bits per heavy atom. The van der Waals surface area contributed by atoms with Crippen molar-refractivity contribution in [2.45, 2.75) is 45.7 Å². The fraction of sp³-hybridized carbons (Fsp3) is 0.364. The first-order valence-corrected chi connectivity index (χ1v) is 10.0. The highest BCUT2D eigenvalue weighted by Gasteiger charge is 2.33. The fourth-order valence-corrected chi connectivity index (χ4v) is 3.84. The predicted molar refractivity (Wildman–Crippen MR) is 114 cm³/mol. The van der Waals surface area contributed by atoms with Crippen molar-refractivity contribution in [1.29, 1.82) is 0 Å². The van der Waals surface area contributed by atoms with Crippen LogP contribution in [-0.4, -0.2) is 24.4 Å². The Balaban J connectivity index is 1.98. The number of anilines is 2. The molecule has 0 aromatic heterocycles. The molecule has 2 amide bonds. The molecule has 3 rings (SSSR count). The topological polar surface area (TPSA) is 61.4 Å². The van der Waals surface area contributed by atoms with Gasteiger partial charge in [-0.1, -0.05) is 18.5 Å². The first kappa shape index (κ1) is 20.2. The Kier molecular flexibility index (Phi) is 6.25. The number of benzene rings is 2. The summed E-state index contributed by atoms with van der Waals surface area (Å²) in [5.41, 5.74) is 3.36. The number of nitrogens with zero attached hydrogens (tertiary/aromatic N) is 1. The third-order valence-electron chi connectivity index (χ3n) is 5.00. The van der Waals surface area contributed by atoms with Gasteiger partial charge >= 0.3 is 0 Å². The summed E-state index contributed by atoms with van der Waals surface area (Å²) in [6.45, 7) is 6.28. The van der Waals surface area contributed by atoms with Crippen LogP contribution in [-0.2, 0) is 4.79 Å². The number of hydrogen-bond donors (Lipinski definition) is 2. The number of nitrogens with one attached hydrogen (secondary N) is 2. The van der Waals surface area contributed by atoms with Crippen LogP contribution in [0.25, 0.3) is 0 Å². The lowest BCUT2D eigenvalue weighted by Crippen LogP contribution is -2.43. The summed E-state index contributed by atoms with van der Waals surface area (Å²) < 4.78 is 0. The van der Waals surface area contributed by atoms with Crippen molar-refractivity contribution >= 4 is 34.8 Å². The number of rotatable bonds is 5. The smallest absolute Gasteiger partial charge is 0.251 e. The van der Waals surface area contributed by atoms with Crippen molar-refractivity contribution in [2.75, 3.05) is 16.8 Å². The molecule has 148 valence electrons. The monoisotopic (exact) mass is 399 g/mol. The SMILES string of the molecule is CCCNC(=O)c1ccc2c(c1)[C@H](Nc1ccc(Cl)cc1)C[C@H](C)N2C(C)=O. The normalized spacial score (nSPS) is 18.4. The van der Waals surface area contributed by atoms with Gasteiger partial charge in [-0.25, -0.2) is 0 Å². The molecule has 1 aliphatic rings. The van der Waals surface area contributed by atoms with E-state index in [2.05, 4.69) is 10.6 Å². The maximum Gasteiger partial charge on any atom is 0.251 e. The van der Waals surface area contributed by atoms with E-state index in [0.29, 0.717) is 17.1 Å². The van der Waals surface area contributed by atoms with Gasteiger partial charge in [-0.05, 0) is 67.8 Å². The van der Waals surface area contributed by atoms with Crippen molar-refractivity contribution in [2.24, 2.45) is 0 Å². The van der Waals surface area contributed by atoms with Gasteiger partial charge < -0.3 is 15.5 Å². The molecule has 2 aromatic carbocycles. The summed E-state index contributed by atoms with van der Waals surface area (Å²) >= 11 is 5.99. The highest BCUT2D eigenvalue weighted by Crippen LogP contribution is 2.39. The lowest BCUT2D eigenvalue weighted by Gasteiger charge is -2.39. The third-order valence-corrected chi connectivity index (χ3v) is 5.25.